The molecule has 3 aromatic carbocycles. The standard InChI is InChI=1S/C29H29BrCl2N4O2/c1-3-4-5-8-18-35(29(38)34-25-13-9-11-23(31)26(25)32)19(2)27-33-24-12-7-6-10-22(24)28(37)36(27)21-16-14-20(30)15-17-21/h6-7,9-17,19H,3-5,8,18H2,1-2H3,(H,34,38). The molecule has 0 radical (unpaired) electrons. The summed E-state index contributed by atoms with van der Waals surface area (Å²) in [4.78, 5) is 34.1. The van der Waals surface area contributed by atoms with Gasteiger partial charge < -0.3 is 10.2 Å². The van der Waals surface area contributed by atoms with E-state index >= 15 is 0 Å². The van der Waals surface area contributed by atoms with Crippen LogP contribution in [0.25, 0.3) is 16.6 Å². The Bertz CT molecular complexity index is 1490. The average Bonchev–Trinajstić information content (AvgIpc) is 2.91. The van der Waals surface area contributed by atoms with Gasteiger partial charge in [-0.1, -0.05) is 83.5 Å². The number of carbonyl (C=O) groups is 1. The first-order chi connectivity index (χ1) is 18.3. The molecule has 1 heterocycles. The number of carbonyl (C=O) groups excluding carboxylic acids is 1. The molecule has 9 heteroatoms. The molecule has 2 amide bonds. The van der Waals surface area contributed by atoms with Crippen LogP contribution in [0.2, 0.25) is 10.0 Å². The van der Waals surface area contributed by atoms with Crippen LogP contribution in [-0.4, -0.2) is 27.0 Å². The fourth-order valence-corrected chi connectivity index (χ4v) is 4.99. The lowest BCUT2D eigenvalue weighted by Gasteiger charge is -2.31. The molecule has 1 aromatic heterocycles. The van der Waals surface area contributed by atoms with E-state index in [0.29, 0.717) is 39.7 Å². The summed E-state index contributed by atoms with van der Waals surface area (Å²) in [5, 5.41) is 4.05. The molecule has 198 valence electrons. The van der Waals surface area contributed by atoms with Gasteiger partial charge in [-0.25, -0.2) is 9.78 Å². The zero-order valence-electron chi connectivity index (χ0n) is 21.3. The first-order valence-corrected chi connectivity index (χ1v) is 14.2. The molecule has 1 unspecified atom stereocenters. The van der Waals surface area contributed by atoms with Gasteiger partial charge in [-0.15, -0.1) is 0 Å². The van der Waals surface area contributed by atoms with Crippen molar-refractivity contribution in [1.82, 2.24) is 14.5 Å². The van der Waals surface area contributed by atoms with Gasteiger partial charge in [-0.3, -0.25) is 9.36 Å². The molecule has 4 rings (SSSR count). The first kappa shape index (κ1) is 28.1. The van der Waals surface area contributed by atoms with Crippen molar-refractivity contribution >= 4 is 61.8 Å². The van der Waals surface area contributed by atoms with Crippen LogP contribution in [0.5, 0.6) is 0 Å². The second-order valence-electron chi connectivity index (χ2n) is 9.07. The Labute approximate surface area is 240 Å². The molecule has 6 nitrogen and oxygen atoms in total. The Morgan fingerprint density at radius 2 is 1.76 bits per heavy atom. The van der Waals surface area contributed by atoms with Crippen LogP contribution < -0.4 is 10.9 Å². The summed E-state index contributed by atoms with van der Waals surface area (Å²) in [5.41, 5.74) is 1.48. The molecule has 0 saturated carbocycles. The predicted molar refractivity (Wildman–Crippen MR) is 160 cm³/mol. The summed E-state index contributed by atoms with van der Waals surface area (Å²) >= 11 is 16.0. The molecular weight excluding hydrogens is 587 g/mol. The van der Waals surface area contributed by atoms with E-state index in [1.807, 2.05) is 49.4 Å². The average molecular weight is 616 g/mol. The SMILES string of the molecule is CCCCCCN(C(=O)Nc1cccc(Cl)c1Cl)C(C)c1nc2ccccc2c(=O)n1-c1ccc(Br)cc1. The lowest BCUT2D eigenvalue weighted by Crippen LogP contribution is -2.40. The number of hydrogen-bond acceptors (Lipinski definition) is 3. The monoisotopic (exact) mass is 614 g/mol. The highest BCUT2D eigenvalue weighted by Crippen LogP contribution is 2.31. The minimum Gasteiger partial charge on any atom is -0.315 e. The van der Waals surface area contributed by atoms with Gasteiger partial charge >= 0.3 is 6.03 Å². The molecule has 0 aliphatic carbocycles. The molecule has 38 heavy (non-hydrogen) atoms. The molecule has 0 aliphatic rings. The third-order valence-corrected chi connectivity index (χ3v) is 7.78. The second-order valence-corrected chi connectivity index (χ2v) is 10.8. The van der Waals surface area contributed by atoms with E-state index in [1.165, 1.54) is 0 Å². The number of benzene rings is 3. The van der Waals surface area contributed by atoms with Crippen LogP contribution >= 0.6 is 39.1 Å². The zero-order valence-corrected chi connectivity index (χ0v) is 24.4. The van der Waals surface area contributed by atoms with E-state index in [4.69, 9.17) is 28.2 Å². The van der Waals surface area contributed by atoms with Gasteiger partial charge in [0.15, 0.2) is 0 Å². The Morgan fingerprint density at radius 3 is 2.50 bits per heavy atom. The maximum atomic E-state index is 13.8. The number of aromatic nitrogens is 2. The topological polar surface area (TPSA) is 67.2 Å². The number of hydrogen-bond donors (Lipinski definition) is 1. The van der Waals surface area contributed by atoms with Crippen molar-refractivity contribution in [3.63, 3.8) is 0 Å². The van der Waals surface area contributed by atoms with Crippen molar-refractivity contribution in [2.75, 3.05) is 11.9 Å². The highest BCUT2D eigenvalue weighted by Gasteiger charge is 2.27. The lowest BCUT2D eigenvalue weighted by atomic mass is 10.1. The van der Waals surface area contributed by atoms with E-state index in [1.54, 1.807) is 33.7 Å². The van der Waals surface area contributed by atoms with Gasteiger partial charge in [0.05, 0.1) is 38.4 Å². The van der Waals surface area contributed by atoms with E-state index in [0.717, 1.165) is 30.2 Å². The number of para-hydroxylation sites is 1. The van der Waals surface area contributed by atoms with E-state index in [-0.39, 0.29) is 16.6 Å². The number of fused-ring (bicyclic) bond motifs is 1. The highest BCUT2D eigenvalue weighted by atomic mass is 79.9. The largest absolute Gasteiger partial charge is 0.322 e. The molecule has 1 atom stereocenters. The van der Waals surface area contributed by atoms with Crippen LogP contribution in [0.15, 0.2) is 76.0 Å². The molecule has 1 N–H and O–H groups in total. The Kier molecular flexibility index (Phi) is 9.47. The van der Waals surface area contributed by atoms with Gasteiger partial charge in [0.2, 0.25) is 0 Å². The quantitative estimate of drug-likeness (QED) is 0.192. The van der Waals surface area contributed by atoms with Gasteiger partial charge in [-0.05, 0) is 61.9 Å². The van der Waals surface area contributed by atoms with Crippen molar-refractivity contribution in [3.05, 3.63) is 97.4 Å². The zero-order chi connectivity index (χ0) is 27.2. The number of halogens is 3. The number of rotatable bonds is 9. The van der Waals surface area contributed by atoms with Crippen LogP contribution in [0.3, 0.4) is 0 Å². The van der Waals surface area contributed by atoms with Gasteiger partial charge in [0, 0.05) is 11.0 Å². The van der Waals surface area contributed by atoms with Crippen LogP contribution in [-0.2, 0) is 0 Å². The maximum absolute atomic E-state index is 13.8. The molecule has 0 spiro atoms. The lowest BCUT2D eigenvalue weighted by molar-refractivity contribution is 0.187. The number of amides is 2. The summed E-state index contributed by atoms with van der Waals surface area (Å²) < 4.78 is 2.49. The fourth-order valence-electron chi connectivity index (χ4n) is 4.38. The second kappa shape index (κ2) is 12.8. The van der Waals surface area contributed by atoms with E-state index < -0.39 is 6.04 Å². The summed E-state index contributed by atoms with van der Waals surface area (Å²) in [5.74, 6) is 0.471. The first-order valence-electron chi connectivity index (χ1n) is 12.6. The Hall–Kier alpha value is -2.87. The minimum absolute atomic E-state index is 0.191. The minimum atomic E-state index is -0.532. The summed E-state index contributed by atoms with van der Waals surface area (Å²) in [7, 11) is 0. The molecule has 0 fully saturated rings. The normalized spacial score (nSPS) is 11.9. The van der Waals surface area contributed by atoms with Crippen molar-refractivity contribution in [2.45, 2.75) is 45.6 Å². The molecular formula is C29H29BrCl2N4O2. The van der Waals surface area contributed by atoms with Crippen LogP contribution in [0.4, 0.5) is 10.5 Å². The number of unbranched alkanes of at least 4 members (excludes halogenated alkanes) is 3. The van der Waals surface area contributed by atoms with Gasteiger partial charge in [0.25, 0.3) is 5.56 Å². The number of nitrogens with zero attached hydrogens (tertiary/aromatic N) is 3. The van der Waals surface area contributed by atoms with Crippen molar-refractivity contribution in [3.8, 4) is 5.69 Å². The summed E-state index contributed by atoms with van der Waals surface area (Å²) in [6.45, 7) is 4.52. The van der Waals surface area contributed by atoms with Gasteiger partial charge in [0.1, 0.15) is 5.82 Å². The fraction of sp³-hybridized carbons (Fsp3) is 0.276. The molecule has 4 aromatic rings. The molecule has 0 aliphatic heterocycles. The Balaban J connectivity index is 1.80. The summed E-state index contributed by atoms with van der Waals surface area (Å²) in [6, 6.07) is 19.0. The summed E-state index contributed by atoms with van der Waals surface area (Å²) in [6.07, 6.45) is 3.94. The third-order valence-electron chi connectivity index (χ3n) is 6.43. The molecule has 0 bridgehead atoms. The number of nitrogens with one attached hydrogen (secondary N) is 1. The number of anilines is 1. The third kappa shape index (κ3) is 6.22. The smallest absolute Gasteiger partial charge is 0.315 e. The van der Waals surface area contributed by atoms with E-state index in [9.17, 15) is 9.59 Å². The van der Waals surface area contributed by atoms with Crippen molar-refractivity contribution < 1.29 is 4.79 Å². The van der Waals surface area contributed by atoms with Crippen LogP contribution in [0.1, 0.15) is 51.4 Å². The maximum Gasteiger partial charge on any atom is 0.322 e. The van der Waals surface area contributed by atoms with E-state index in [2.05, 4.69) is 28.2 Å². The van der Waals surface area contributed by atoms with Crippen LogP contribution in [0, 0.1) is 0 Å². The Morgan fingerprint density at radius 1 is 1.03 bits per heavy atom. The predicted octanol–water partition coefficient (Wildman–Crippen LogP) is 8.63. The number of urea groups is 1. The van der Waals surface area contributed by atoms with Crippen molar-refractivity contribution in [1.29, 1.82) is 0 Å². The van der Waals surface area contributed by atoms with Crippen molar-refractivity contribution in [2.24, 2.45) is 0 Å². The van der Waals surface area contributed by atoms with Gasteiger partial charge in [-0.2, -0.15) is 0 Å². The highest BCUT2D eigenvalue weighted by molar-refractivity contribution is 9.10. The molecule has 0 saturated heterocycles.